The highest BCUT2D eigenvalue weighted by Gasteiger charge is 2.21. The van der Waals surface area contributed by atoms with Crippen molar-refractivity contribution in [2.45, 2.75) is 12.8 Å². The molecule has 2 aromatic heterocycles. The number of aromatic nitrogens is 3. The van der Waals surface area contributed by atoms with Crippen molar-refractivity contribution in [3.05, 3.63) is 18.3 Å². The number of anilines is 1. The van der Waals surface area contributed by atoms with Crippen molar-refractivity contribution in [1.82, 2.24) is 14.9 Å². The molecule has 78 valence electrons. The van der Waals surface area contributed by atoms with Gasteiger partial charge in [0.05, 0.1) is 0 Å². The van der Waals surface area contributed by atoms with Crippen molar-refractivity contribution in [3.63, 3.8) is 0 Å². The van der Waals surface area contributed by atoms with Gasteiger partial charge in [0, 0.05) is 12.7 Å². The lowest BCUT2D eigenvalue weighted by molar-refractivity contribution is 0.162. The Kier molecular flexibility index (Phi) is 1.77. The fourth-order valence-electron chi connectivity index (χ4n) is 1.62. The Bertz CT molecular complexity index is 489. The van der Waals surface area contributed by atoms with Crippen LogP contribution in [-0.4, -0.2) is 26.7 Å². The second kappa shape index (κ2) is 3.12. The van der Waals surface area contributed by atoms with Gasteiger partial charge in [-0.15, -0.1) is 5.10 Å². The van der Waals surface area contributed by atoms with Gasteiger partial charge in [-0.05, 0) is 30.9 Å². The molecule has 0 aromatic carbocycles. The van der Waals surface area contributed by atoms with E-state index in [0.717, 1.165) is 22.8 Å². The lowest BCUT2D eigenvalue weighted by Crippen LogP contribution is -2.04. The van der Waals surface area contributed by atoms with E-state index in [1.165, 1.54) is 12.8 Å². The SMILES string of the molecule is On1nc(NCC2CC2)c2ncccc21. The number of nitrogens with one attached hydrogen (secondary N) is 1. The molecule has 1 saturated carbocycles. The Labute approximate surface area is 86.7 Å². The third-order valence-corrected chi connectivity index (χ3v) is 2.68. The molecule has 0 amide bonds. The van der Waals surface area contributed by atoms with Crippen molar-refractivity contribution in [2.75, 3.05) is 11.9 Å². The number of hydrogen-bond acceptors (Lipinski definition) is 4. The highest BCUT2D eigenvalue weighted by atomic mass is 16.5. The minimum atomic E-state index is 0.635. The predicted molar refractivity (Wildman–Crippen MR) is 55.9 cm³/mol. The minimum absolute atomic E-state index is 0.635. The lowest BCUT2D eigenvalue weighted by atomic mass is 10.3. The van der Waals surface area contributed by atoms with Gasteiger partial charge in [0.2, 0.25) is 0 Å². The number of fused-ring (bicyclic) bond motifs is 1. The van der Waals surface area contributed by atoms with E-state index in [0.29, 0.717) is 11.3 Å². The molecule has 0 aliphatic heterocycles. The van der Waals surface area contributed by atoms with Crippen LogP contribution >= 0.6 is 0 Å². The van der Waals surface area contributed by atoms with E-state index < -0.39 is 0 Å². The summed E-state index contributed by atoms with van der Waals surface area (Å²) in [5, 5.41) is 16.7. The lowest BCUT2D eigenvalue weighted by Gasteiger charge is -1.99. The van der Waals surface area contributed by atoms with Crippen molar-refractivity contribution in [2.24, 2.45) is 5.92 Å². The second-order valence-electron chi connectivity index (χ2n) is 3.93. The van der Waals surface area contributed by atoms with Gasteiger partial charge >= 0.3 is 0 Å². The van der Waals surface area contributed by atoms with E-state index in [1.54, 1.807) is 18.3 Å². The molecule has 5 heteroatoms. The van der Waals surface area contributed by atoms with Crippen molar-refractivity contribution in [3.8, 4) is 0 Å². The Hall–Kier alpha value is -1.78. The van der Waals surface area contributed by atoms with Crippen molar-refractivity contribution >= 4 is 16.9 Å². The molecule has 1 aliphatic rings. The average Bonchev–Trinajstić information content (AvgIpc) is 3.03. The summed E-state index contributed by atoms with van der Waals surface area (Å²) in [6, 6.07) is 3.57. The van der Waals surface area contributed by atoms with E-state index in [1.807, 2.05) is 0 Å². The Balaban J connectivity index is 1.94. The van der Waals surface area contributed by atoms with Gasteiger partial charge in [0.15, 0.2) is 5.82 Å². The summed E-state index contributed by atoms with van der Waals surface area (Å²) in [4.78, 5) is 5.07. The van der Waals surface area contributed by atoms with Gasteiger partial charge in [-0.2, -0.15) is 0 Å². The van der Waals surface area contributed by atoms with E-state index in [-0.39, 0.29) is 0 Å². The molecule has 2 N–H and O–H groups in total. The van der Waals surface area contributed by atoms with Gasteiger partial charge < -0.3 is 10.5 Å². The van der Waals surface area contributed by atoms with Crippen LogP contribution in [0.3, 0.4) is 0 Å². The maximum atomic E-state index is 9.50. The number of nitrogens with zero attached hydrogens (tertiary/aromatic N) is 3. The number of pyridine rings is 1. The molecule has 0 bridgehead atoms. The molecule has 0 radical (unpaired) electrons. The Morgan fingerprint density at radius 2 is 2.40 bits per heavy atom. The van der Waals surface area contributed by atoms with Crippen LogP contribution in [0, 0.1) is 5.92 Å². The molecule has 0 unspecified atom stereocenters. The molecule has 5 nitrogen and oxygen atoms in total. The third-order valence-electron chi connectivity index (χ3n) is 2.68. The summed E-state index contributed by atoms with van der Waals surface area (Å²) in [5.41, 5.74) is 1.36. The van der Waals surface area contributed by atoms with Crippen LogP contribution in [0.2, 0.25) is 0 Å². The van der Waals surface area contributed by atoms with Crippen LogP contribution in [0.5, 0.6) is 0 Å². The molecule has 3 rings (SSSR count). The summed E-state index contributed by atoms with van der Waals surface area (Å²) >= 11 is 0. The molecular formula is C10H12N4O. The first-order valence-corrected chi connectivity index (χ1v) is 5.11. The molecule has 15 heavy (non-hydrogen) atoms. The van der Waals surface area contributed by atoms with Crippen LogP contribution in [0.25, 0.3) is 11.0 Å². The number of rotatable bonds is 3. The predicted octanol–water partition coefficient (Wildman–Crippen LogP) is 1.49. The van der Waals surface area contributed by atoms with E-state index in [4.69, 9.17) is 0 Å². The Morgan fingerprint density at radius 3 is 3.20 bits per heavy atom. The first-order valence-electron chi connectivity index (χ1n) is 5.11. The first-order chi connectivity index (χ1) is 7.34. The molecule has 1 fully saturated rings. The number of hydrogen-bond donors (Lipinski definition) is 2. The fourth-order valence-corrected chi connectivity index (χ4v) is 1.62. The average molecular weight is 204 g/mol. The summed E-state index contributed by atoms with van der Waals surface area (Å²) in [6.07, 6.45) is 4.28. The van der Waals surface area contributed by atoms with E-state index in [9.17, 15) is 5.21 Å². The van der Waals surface area contributed by atoms with Crippen LogP contribution in [0.4, 0.5) is 5.82 Å². The van der Waals surface area contributed by atoms with Gasteiger partial charge in [0.1, 0.15) is 11.0 Å². The van der Waals surface area contributed by atoms with Gasteiger partial charge in [-0.25, -0.2) is 0 Å². The van der Waals surface area contributed by atoms with Gasteiger partial charge in [-0.3, -0.25) is 4.98 Å². The van der Waals surface area contributed by atoms with Crippen LogP contribution in [-0.2, 0) is 0 Å². The Morgan fingerprint density at radius 1 is 1.53 bits per heavy atom. The van der Waals surface area contributed by atoms with E-state index in [2.05, 4.69) is 15.4 Å². The minimum Gasteiger partial charge on any atom is -0.411 e. The molecule has 0 atom stereocenters. The van der Waals surface area contributed by atoms with Gasteiger partial charge in [0.25, 0.3) is 0 Å². The summed E-state index contributed by atoms with van der Waals surface area (Å²) in [7, 11) is 0. The van der Waals surface area contributed by atoms with Crippen molar-refractivity contribution in [1.29, 1.82) is 0 Å². The summed E-state index contributed by atoms with van der Waals surface area (Å²) in [6.45, 7) is 0.919. The molecular weight excluding hydrogens is 192 g/mol. The van der Waals surface area contributed by atoms with Crippen LogP contribution in [0.15, 0.2) is 18.3 Å². The molecule has 2 heterocycles. The maximum absolute atomic E-state index is 9.50. The highest BCUT2D eigenvalue weighted by Crippen LogP contribution is 2.29. The van der Waals surface area contributed by atoms with Crippen LogP contribution in [0.1, 0.15) is 12.8 Å². The topological polar surface area (TPSA) is 63.0 Å². The van der Waals surface area contributed by atoms with E-state index >= 15 is 0 Å². The normalized spacial score (nSPS) is 15.7. The molecule has 1 aliphatic carbocycles. The fraction of sp³-hybridized carbons (Fsp3) is 0.400. The third kappa shape index (κ3) is 1.49. The summed E-state index contributed by atoms with van der Waals surface area (Å²) < 4.78 is 0. The zero-order chi connectivity index (χ0) is 10.3. The molecule has 0 spiro atoms. The molecule has 2 aromatic rings. The maximum Gasteiger partial charge on any atom is 0.178 e. The largest absolute Gasteiger partial charge is 0.411 e. The van der Waals surface area contributed by atoms with Gasteiger partial charge in [-0.1, -0.05) is 4.85 Å². The van der Waals surface area contributed by atoms with Crippen LogP contribution < -0.4 is 5.32 Å². The molecule has 0 saturated heterocycles. The smallest absolute Gasteiger partial charge is 0.178 e. The zero-order valence-electron chi connectivity index (χ0n) is 8.22. The monoisotopic (exact) mass is 204 g/mol. The standard InChI is InChI=1S/C10H12N4O/c15-14-8-2-1-5-11-9(8)10(13-14)12-6-7-3-4-7/h1-2,5,7,15H,3-4,6H2,(H,12,13). The highest BCUT2D eigenvalue weighted by molar-refractivity contribution is 5.85. The van der Waals surface area contributed by atoms with Crippen molar-refractivity contribution < 1.29 is 5.21 Å². The zero-order valence-corrected chi connectivity index (χ0v) is 8.22. The second-order valence-corrected chi connectivity index (χ2v) is 3.93. The quantitative estimate of drug-likeness (QED) is 0.743. The first kappa shape index (κ1) is 8.52. The summed E-state index contributed by atoms with van der Waals surface area (Å²) in [5.74, 6) is 1.44.